The summed E-state index contributed by atoms with van der Waals surface area (Å²) in [6, 6.07) is 7.17. The fraction of sp³-hybridized carbons (Fsp3) is 0.286. The van der Waals surface area contributed by atoms with Gasteiger partial charge < -0.3 is 0 Å². The van der Waals surface area contributed by atoms with Crippen LogP contribution in [0.4, 0.5) is 5.13 Å². The summed E-state index contributed by atoms with van der Waals surface area (Å²) in [5, 5.41) is 2.68. The van der Waals surface area contributed by atoms with Crippen molar-refractivity contribution in [2.24, 2.45) is 0 Å². The lowest BCUT2D eigenvalue weighted by atomic mass is 9.93. The maximum absolute atomic E-state index is 11.9. The number of halogens is 1. The van der Waals surface area contributed by atoms with E-state index in [1.165, 1.54) is 11.3 Å². The lowest BCUT2D eigenvalue weighted by Gasteiger charge is -2.14. The van der Waals surface area contributed by atoms with Crippen LogP contribution in [0.1, 0.15) is 36.8 Å². The second-order valence-corrected chi connectivity index (χ2v) is 7.15. The fourth-order valence-electron chi connectivity index (χ4n) is 1.46. The number of thiazole rings is 1. The van der Waals surface area contributed by atoms with Crippen molar-refractivity contribution in [2.75, 3.05) is 5.43 Å². The number of nitrogens with one attached hydrogen (secondary N) is 2. The van der Waals surface area contributed by atoms with Crippen molar-refractivity contribution < 1.29 is 4.79 Å². The number of nitrogens with zero attached hydrogens (tertiary/aromatic N) is 1. The van der Waals surface area contributed by atoms with Crippen LogP contribution in [-0.4, -0.2) is 10.9 Å². The number of anilines is 1. The number of benzene rings is 1. The lowest BCUT2D eigenvalue weighted by Crippen LogP contribution is -2.29. The first-order valence-corrected chi connectivity index (χ1v) is 7.81. The number of carbonyl (C=O) groups is 1. The van der Waals surface area contributed by atoms with Crippen LogP contribution in [0, 0.1) is 0 Å². The average Bonchev–Trinajstić information content (AvgIpc) is 2.85. The predicted octanol–water partition coefficient (Wildman–Crippen LogP) is 3.96. The zero-order valence-corrected chi connectivity index (χ0v) is 13.9. The fourth-order valence-corrected chi connectivity index (χ4v) is 2.61. The molecule has 0 radical (unpaired) electrons. The third kappa shape index (κ3) is 3.80. The van der Waals surface area contributed by atoms with Crippen LogP contribution in [0.25, 0.3) is 0 Å². The van der Waals surface area contributed by atoms with Crippen LogP contribution in [0.3, 0.4) is 0 Å². The molecule has 0 fully saturated rings. The number of hydrazine groups is 1. The van der Waals surface area contributed by atoms with Gasteiger partial charge in [-0.3, -0.25) is 15.6 Å². The summed E-state index contributed by atoms with van der Waals surface area (Å²) in [6.07, 6.45) is 0. The second-order valence-electron chi connectivity index (χ2n) is 5.37. The second kappa shape index (κ2) is 5.93. The van der Waals surface area contributed by atoms with E-state index >= 15 is 0 Å². The van der Waals surface area contributed by atoms with Gasteiger partial charge in [-0.1, -0.05) is 36.7 Å². The Kier molecular flexibility index (Phi) is 4.45. The molecular weight excluding hydrogens is 338 g/mol. The summed E-state index contributed by atoms with van der Waals surface area (Å²) in [4.78, 5) is 16.4. The Balaban J connectivity index is 1.97. The van der Waals surface area contributed by atoms with Crippen LogP contribution in [0.5, 0.6) is 0 Å². The summed E-state index contributed by atoms with van der Waals surface area (Å²) in [6.45, 7) is 6.31. The highest BCUT2D eigenvalue weighted by Gasteiger charge is 2.17. The molecule has 0 aliphatic heterocycles. The third-order valence-electron chi connectivity index (χ3n) is 2.66. The number of aromatic nitrogens is 1. The minimum absolute atomic E-state index is 0.00610. The molecule has 0 atom stereocenters. The molecule has 106 valence electrons. The van der Waals surface area contributed by atoms with E-state index in [2.05, 4.69) is 52.5 Å². The smallest absolute Gasteiger partial charge is 0.269 e. The zero-order chi connectivity index (χ0) is 14.8. The van der Waals surface area contributed by atoms with E-state index in [0.29, 0.717) is 10.7 Å². The maximum Gasteiger partial charge on any atom is 0.269 e. The third-order valence-corrected chi connectivity index (χ3v) is 3.95. The number of hydrogen-bond donors (Lipinski definition) is 2. The van der Waals surface area contributed by atoms with E-state index in [4.69, 9.17) is 0 Å². The molecule has 0 saturated carbocycles. The molecule has 0 saturated heterocycles. The Morgan fingerprint density at radius 1 is 1.25 bits per heavy atom. The Labute approximate surface area is 130 Å². The summed E-state index contributed by atoms with van der Waals surface area (Å²) >= 11 is 4.81. The largest absolute Gasteiger partial charge is 0.273 e. The highest BCUT2D eigenvalue weighted by molar-refractivity contribution is 9.10. The first kappa shape index (κ1) is 15.0. The molecule has 20 heavy (non-hydrogen) atoms. The first-order chi connectivity index (χ1) is 9.36. The minimum atomic E-state index is -0.190. The van der Waals surface area contributed by atoms with Crippen LogP contribution >= 0.6 is 27.3 Å². The standard InChI is InChI=1S/C14H16BrN3OS/c1-14(2,3)11-8-20-13(16-11)18-17-12(19)9-4-6-10(15)7-5-9/h4-8H,1-3H3,(H,16,18)(H,17,19). The van der Waals surface area contributed by atoms with Gasteiger partial charge in [-0.2, -0.15) is 0 Å². The molecule has 1 aromatic heterocycles. The molecule has 0 unspecified atom stereocenters. The quantitative estimate of drug-likeness (QED) is 0.821. The molecule has 1 amide bonds. The number of hydrogen-bond acceptors (Lipinski definition) is 4. The number of carbonyl (C=O) groups excluding carboxylic acids is 1. The maximum atomic E-state index is 11.9. The Morgan fingerprint density at radius 2 is 1.90 bits per heavy atom. The predicted molar refractivity (Wildman–Crippen MR) is 86.0 cm³/mol. The SMILES string of the molecule is CC(C)(C)c1csc(NNC(=O)c2ccc(Br)cc2)n1. The Hall–Kier alpha value is -1.40. The van der Waals surface area contributed by atoms with Crippen molar-refractivity contribution in [3.8, 4) is 0 Å². The summed E-state index contributed by atoms with van der Waals surface area (Å²) < 4.78 is 0.941. The van der Waals surface area contributed by atoms with E-state index in [-0.39, 0.29) is 11.3 Å². The van der Waals surface area contributed by atoms with Gasteiger partial charge in [0.25, 0.3) is 5.91 Å². The summed E-state index contributed by atoms with van der Waals surface area (Å²) in [5.41, 5.74) is 7.09. The lowest BCUT2D eigenvalue weighted by molar-refractivity contribution is 0.0962. The van der Waals surface area contributed by atoms with Crippen LogP contribution in [0.2, 0.25) is 0 Å². The highest BCUT2D eigenvalue weighted by atomic mass is 79.9. The Bertz CT molecular complexity index is 602. The van der Waals surface area contributed by atoms with Crippen LogP contribution in [-0.2, 0) is 5.41 Å². The minimum Gasteiger partial charge on any atom is -0.273 e. The van der Waals surface area contributed by atoms with Crippen molar-refractivity contribution in [3.05, 3.63) is 45.4 Å². The van der Waals surface area contributed by atoms with Crippen molar-refractivity contribution >= 4 is 38.3 Å². The van der Waals surface area contributed by atoms with Crippen molar-refractivity contribution in [2.45, 2.75) is 26.2 Å². The van der Waals surface area contributed by atoms with Gasteiger partial charge in [0.1, 0.15) is 0 Å². The van der Waals surface area contributed by atoms with Crippen LogP contribution in [0.15, 0.2) is 34.1 Å². The van der Waals surface area contributed by atoms with Gasteiger partial charge in [-0.15, -0.1) is 11.3 Å². The molecule has 1 aromatic carbocycles. The Morgan fingerprint density at radius 3 is 2.45 bits per heavy atom. The van der Waals surface area contributed by atoms with Gasteiger partial charge in [0.15, 0.2) is 0 Å². The molecule has 0 aliphatic carbocycles. The van der Waals surface area contributed by atoms with E-state index < -0.39 is 0 Å². The molecule has 4 nitrogen and oxygen atoms in total. The van der Waals surface area contributed by atoms with Crippen LogP contribution < -0.4 is 10.9 Å². The number of rotatable bonds is 3. The van der Waals surface area contributed by atoms with Crippen molar-refractivity contribution in [3.63, 3.8) is 0 Å². The molecule has 2 N–H and O–H groups in total. The summed E-state index contributed by atoms with van der Waals surface area (Å²) in [5.74, 6) is -0.190. The molecule has 0 bridgehead atoms. The van der Waals surface area contributed by atoms with Gasteiger partial charge >= 0.3 is 0 Å². The van der Waals surface area contributed by atoms with E-state index in [0.717, 1.165) is 10.2 Å². The number of amides is 1. The first-order valence-electron chi connectivity index (χ1n) is 6.14. The molecule has 2 rings (SSSR count). The van der Waals surface area contributed by atoms with Gasteiger partial charge in [0.05, 0.1) is 5.69 Å². The molecule has 1 heterocycles. The van der Waals surface area contributed by atoms with E-state index in [1.807, 2.05) is 17.5 Å². The molecule has 0 aliphatic rings. The van der Waals surface area contributed by atoms with Gasteiger partial charge in [0, 0.05) is 20.8 Å². The van der Waals surface area contributed by atoms with Crippen molar-refractivity contribution in [1.82, 2.24) is 10.4 Å². The normalized spacial score (nSPS) is 11.2. The van der Waals surface area contributed by atoms with Gasteiger partial charge in [0.2, 0.25) is 5.13 Å². The van der Waals surface area contributed by atoms with E-state index in [1.54, 1.807) is 12.1 Å². The molecular formula is C14H16BrN3OS. The average molecular weight is 354 g/mol. The molecule has 6 heteroatoms. The van der Waals surface area contributed by atoms with Gasteiger partial charge in [-0.25, -0.2) is 4.98 Å². The van der Waals surface area contributed by atoms with Gasteiger partial charge in [-0.05, 0) is 24.3 Å². The van der Waals surface area contributed by atoms with E-state index in [9.17, 15) is 4.79 Å². The molecule has 2 aromatic rings. The topological polar surface area (TPSA) is 54.0 Å². The highest BCUT2D eigenvalue weighted by Crippen LogP contribution is 2.25. The molecule has 0 spiro atoms. The summed E-state index contributed by atoms with van der Waals surface area (Å²) in [7, 11) is 0. The zero-order valence-electron chi connectivity index (χ0n) is 11.5. The monoisotopic (exact) mass is 353 g/mol. The van der Waals surface area contributed by atoms with Crippen molar-refractivity contribution in [1.29, 1.82) is 0 Å².